The van der Waals surface area contributed by atoms with Crippen LogP contribution in [0.15, 0.2) is 42.5 Å². The molecule has 0 aliphatic rings. The van der Waals surface area contributed by atoms with E-state index in [1.807, 2.05) is 6.07 Å². The van der Waals surface area contributed by atoms with Crippen LogP contribution in [-0.4, -0.2) is 18.3 Å². The van der Waals surface area contributed by atoms with Gasteiger partial charge in [0.05, 0.1) is 18.0 Å². The quantitative estimate of drug-likeness (QED) is 0.814. The van der Waals surface area contributed by atoms with Crippen LogP contribution in [0.5, 0.6) is 5.75 Å². The number of ether oxygens (including phenoxy) is 1. The second kappa shape index (κ2) is 8.22. The van der Waals surface area contributed by atoms with Crippen LogP contribution in [0.2, 0.25) is 5.02 Å². The number of hydrogen-bond acceptors (Lipinski definition) is 3. The summed E-state index contributed by atoms with van der Waals surface area (Å²) in [5.74, 6) is 0.592. The number of para-hydroxylation sites is 1. The van der Waals surface area contributed by atoms with Gasteiger partial charge in [-0.2, -0.15) is 0 Å². The second-order valence-electron chi connectivity index (χ2n) is 4.88. The minimum absolute atomic E-state index is 0.185. The summed E-state index contributed by atoms with van der Waals surface area (Å²) in [6.45, 7) is 1.78. The number of anilines is 1. The summed E-state index contributed by atoms with van der Waals surface area (Å²) < 4.78 is 18.8. The van der Waals surface area contributed by atoms with Crippen molar-refractivity contribution in [3.05, 3.63) is 58.9 Å². The highest BCUT2D eigenvalue weighted by molar-refractivity contribution is 7.99. The SMILES string of the molecule is COc1ccc(Cl)cc1CSC(C)C(=O)Nc1ccccc1F. The molecule has 3 nitrogen and oxygen atoms in total. The molecule has 0 bridgehead atoms. The van der Waals surface area contributed by atoms with E-state index in [0.29, 0.717) is 10.8 Å². The van der Waals surface area contributed by atoms with E-state index in [4.69, 9.17) is 16.3 Å². The molecule has 0 heterocycles. The lowest BCUT2D eigenvalue weighted by Crippen LogP contribution is -2.23. The molecule has 6 heteroatoms. The number of hydrogen-bond donors (Lipinski definition) is 1. The highest BCUT2D eigenvalue weighted by Crippen LogP contribution is 2.28. The summed E-state index contributed by atoms with van der Waals surface area (Å²) >= 11 is 7.42. The van der Waals surface area contributed by atoms with Crippen LogP contribution < -0.4 is 10.1 Å². The molecule has 1 unspecified atom stereocenters. The van der Waals surface area contributed by atoms with Gasteiger partial charge in [-0.25, -0.2) is 4.39 Å². The van der Waals surface area contributed by atoms with Crippen molar-refractivity contribution in [1.82, 2.24) is 0 Å². The minimum Gasteiger partial charge on any atom is -0.496 e. The predicted octanol–water partition coefficient (Wildman–Crippen LogP) is 4.75. The molecule has 0 aliphatic heterocycles. The zero-order chi connectivity index (χ0) is 16.8. The number of amides is 1. The van der Waals surface area contributed by atoms with Gasteiger partial charge in [-0.15, -0.1) is 11.8 Å². The first kappa shape index (κ1) is 17.6. The molecule has 0 fully saturated rings. The standard InChI is InChI=1S/C17H17ClFNO2S/c1-11(17(21)20-15-6-4-3-5-14(15)19)23-10-12-9-13(18)7-8-16(12)22-2/h3-9,11H,10H2,1-2H3,(H,20,21). The molecular formula is C17H17ClFNO2S. The molecule has 2 aromatic rings. The molecule has 0 radical (unpaired) electrons. The first-order valence-corrected chi connectivity index (χ1v) is 8.43. The van der Waals surface area contributed by atoms with Crippen LogP contribution in [0.25, 0.3) is 0 Å². The Morgan fingerprint density at radius 1 is 1.35 bits per heavy atom. The average molecular weight is 354 g/mol. The summed E-state index contributed by atoms with van der Waals surface area (Å²) in [7, 11) is 1.59. The van der Waals surface area contributed by atoms with E-state index in [1.54, 1.807) is 38.3 Å². The number of carbonyl (C=O) groups excluding carboxylic acids is 1. The molecule has 23 heavy (non-hydrogen) atoms. The Kier molecular flexibility index (Phi) is 6.30. The van der Waals surface area contributed by atoms with Crippen LogP contribution >= 0.6 is 23.4 Å². The number of carbonyl (C=O) groups is 1. The first-order chi connectivity index (χ1) is 11.0. The Morgan fingerprint density at radius 2 is 2.09 bits per heavy atom. The van der Waals surface area contributed by atoms with Gasteiger partial charge < -0.3 is 10.1 Å². The Balaban J connectivity index is 1.97. The van der Waals surface area contributed by atoms with Gasteiger partial charge in [0.25, 0.3) is 0 Å². The zero-order valence-electron chi connectivity index (χ0n) is 12.8. The highest BCUT2D eigenvalue weighted by Gasteiger charge is 2.16. The molecule has 122 valence electrons. The summed E-state index contributed by atoms with van der Waals surface area (Å²) in [5, 5.41) is 2.86. The van der Waals surface area contributed by atoms with Gasteiger partial charge in [-0.3, -0.25) is 4.79 Å². The van der Waals surface area contributed by atoms with Gasteiger partial charge in [-0.05, 0) is 37.3 Å². The number of thioether (sulfide) groups is 1. The molecule has 0 aromatic heterocycles. The van der Waals surface area contributed by atoms with Gasteiger partial charge in [0.2, 0.25) is 5.91 Å². The van der Waals surface area contributed by atoms with Crippen LogP contribution in [-0.2, 0) is 10.5 Å². The Hall–Kier alpha value is -1.72. The number of rotatable bonds is 6. The van der Waals surface area contributed by atoms with E-state index in [-0.39, 0.29) is 16.8 Å². The summed E-state index contributed by atoms with van der Waals surface area (Å²) in [6, 6.07) is 11.5. The van der Waals surface area contributed by atoms with Crippen LogP contribution in [0.3, 0.4) is 0 Å². The van der Waals surface area contributed by atoms with E-state index in [1.165, 1.54) is 23.9 Å². The first-order valence-electron chi connectivity index (χ1n) is 7.00. The number of methoxy groups -OCH3 is 1. The molecule has 2 aromatic carbocycles. The number of benzene rings is 2. The summed E-state index contributed by atoms with van der Waals surface area (Å²) in [6.07, 6.45) is 0. The van der Waals surface area contributed by atoms with Crippen molar-refractivity contribution >= 4 is 35.0 Å². The highest BCUT2D eigenvalue weighted by atomic mass is 35.5. The van der Waals surface area contributed by atoms with Gasteiger partial charge in [-0.1, -0.05) is 23.7 Å². The fraction of sp³-hybridized carbons (Fsp3) is 0.235. The molecule has 1 atom stereocenters. The van der Waals surface area contributed by atoms with Crippen LogP contribution in [0, 0.1) is 5.82 Å². The van der Waals surface area contributed by atoms with E-state index in [2.05, 4.69) is 5.32 Å². The Bertz CT molecular complexity index is 696. The maximum Gasteiger partial charge on any atom is 0.237 e. The lowest BCUT2D eigenvalue weighted by atomic mass is 10.2. The van der Waals surface area contributed by atoms with E-state index in [0.717, 1.165) is 11.3 Å². The maximum absolute atomic E-state index is 13.6. The number of nitrogens with one attached hydrogen (secondary N) is 1. The second-order valence-corrected chi connectivity index (χ2v) is 6.64. The van der Waals surface area contributed by atoms with Crippen molar-refractivity contribution in [2.75, 3.05) is 12.4 Å². The average Bonchev–Trinajstić information content (AvgIpc) is 2.54. The van der Waals surface area contributed by atoms with Crippen LogP contribution in [0.4, 0.5) is 10.1 Å². The monoisotopic (exact) mass is 353 g/mol. The van der Waals surface area contributed by atoms with Gasteiger partial charge in [0, 0.05) is 16.3 Å². The summed E-state index contributed by atoms with van der Waals surface area (Å²) in [5.41, 5.74) is 1.10. The molecular weight excluding hydrogens is 337 g/mol. The largest absolute Gasteiger partial charge is 0.496 e. The summed E-state index contributed by atoms with van der Waals surface area (Å²) in [4.78, 5) is 12.2. The fourth-order valence-electron chi connectivity index (χ4n) is 1.95. The predicted molar refractivity (Wildman–Crippen MR) is 93.8 cm³/mol. The maximum atomic E-state index is 13.6. The molecule has 1 N–H and O–H groups in total. The topological polar surface area (TPSA) is 38.3 Å². The molecule has 2 rings (SSSR count). The van der Waals surface area contributed by atoms with Crippen molar-refractivity contribution in [2.24, 2.45) is 0 Å². The van der Waals surface area contributed by atoms with Crippen molar-refractivity contribution in [3.63, 3.8) is 0 Å². The third kappa shape index (κ3) is 4.88. The van der Waals surface area contributed by atoms with E-state index < -0.39 is 5.82 Å². The third-order valence-electron chi connectivity index (χ3n) is 3.23. The molecule has 1 amide bonds. The van der Waals surface area contributed by atoms with Crippen LogP contribution in [0.1, 0.15) is 12.5 Å². The molecule has 0 saturated carbocycles. The third-order valence-corrected chi connectivity index (χ3v) is 4.66. The zero-order valence-corrected chi connectivity index (χ0v) is 14.4. The molecule has 0 aliphatic carbocycles. The molecule has 0 spiro atoms. The number of halogens is 2. The normalized spacial score (nSPS) is 11.8. The smallest absolute Gasteiger partial charge is 0.237 e. The van der Waals surface area contributed by atoms with Gasteiger partial charge in [0.1, 0.15) is 11.6 Å². The van der Waals surface area contributed by atoms with Crippen molar-refractivity contribution in [1.29, 1.82) is 0 Å². The van der Waals surface area contributed by atoms with Crippen molar-refractivity contribution in [2.45, 2.75) is 17.9 Å². The minimum atomic E-state index is -0.449. The Labute approximate surface area is 144 Å². The molecule has 0 saturated heterocycles. The lowest BCUT2D eigenvalue weighted by Gasteiger charge is -2.14. The van der Waals surface area contributed by atoms with Gasteiger partial charge in [0.15, 0.2) is 0 Å². The van der Waals surface area contributed by atoms with Crippen molar-refractivity contribution in [3.8, 4) is 5.75 Å². The Morgan fingerprint density at radius 3 is 2.78 bits per heavy atom. The van der Waals surface area contributed by atoms with Gasteiger partial charge >= 0.3 is 0 Å². The van der Waals surface area contributed by atoms with E-state index in [9.17, 15) is 9.18 Å². The van der Waals surface area contributed by atoms with E-state index >= 15 is 0 Å². The lowest BCUT2D eigenvalue weighted by molar-refractivity contribution is -0.115. The van der Waals surface area contributed by atoms with Crippen molar-refractivity contribution < 1.29 is 13.9 Å². The fourth-order valence-corrected chi connectivity index (χ4v) is 3.01.